The second-order valence-corrected chi connectivity index (χ2v) is 9.82. The third-order valence-electron chi connectivity index (χ3n) is 5.45. The van der Waals surface area contributed by atoms with E-state index in [1.807, 2.05) is 39.5 Å². The number of Topliss-reactive ketones (excluding diaryl/α,β-unsaturated/α-hetero) is 1. The molecule has 1 fully saturated rings. The van der Waals surface area contributed by atoms with Crippen molar-refractivity contribution in [2.24, 2.45) is 5.92 Å². The highest BCUT2D eigenvalue weighted by Gasteiger charge is 2.40. The first-order valence-electron chi connectivity index (χ1n) is 11.1. The van der Waals surface area contributed by atoms with Crippen LogP contribution in [0.15, 0.2) is 24.3 Å². The van der Waals surface area contributed by atoms with Gasteiger partial charge in [0.2, 0.25) is 5.91 Å². The predicted molar refractivity (Wildman–Crippen MR) is 121 cm³/mol. The first kappa shape index (κ1) is 25.8. The van der Waals surface area contributed by atoms with Crippen molar-refractivity contribution >= 4 is 17.8 Å². The van der Waals surface area contributed by atoms with Gasteiger partial charge in [-0.1, -0.05) is 26.0 Å². The lowest BCUT2D eigenvalue weighted by Crippen LogP contribution is -2.60. The first-order valence-corrected chi connectivity index (χ1v) is 11.1. The monoisotopic (exact) mass is 449 g/mol. The number of hydrogen-bond donors (Lipinski definition) is 1. The van der Waals surface area contributed by atoms with Gasteiger partial charge in [0.1, 0.15) is 11.4 Å². The third kappa shape index (κ3) is 6.76. The summed E-state index contributed by atoms with van der Waals surface area (Å²) in [5.74, 6) is -1.00. The van der Waals surface area contributed by atoms with Gasteiger partial charge in [-0.2, -0.15) is 0 Å². The summed E-state index contributed by atoms with van der Waals surface area (Å²) in [6.07, 6.45) is -0.384. The predicted octanol–water partition coefficient (Wildman–Crippen LogP) is 3.54. The maximum atomic E-state index is 13.5. The number of nitrogens with zero attached hydrogens (tertiary/aromatic N) is 2. The Morgan fingerprint density at radius 2 is 1.69 bits per heavy atom. The van der Waals surface area contributed by atoms with E-state index in [0.717, 1.165) is 0 Å². The van der Waals surface area contributed by atoms with Gasteiger partial charge in [0.15, 0.2) is 5.78 Å². The quantitative estimate of drug-likeness (QED) is 0.719. The third-order valence-corrected chi connectivity index (χ3v) is 5.45. The smallest absolute Gasteiger partial charge is 0.410 e. The van der Waals surface area contributed by atoms with E-state index in [2.05, 4.69) is 5.32 Å². The van der Waals surface area contributed by atoms with Gasteiger partial charge in [-0.15, -0.1) is 0 Å². The van der Waals surface area contributed by atoms with Gasteiger partial charge in [0.25, 0.3) is 0 Å². The molecule has 2 amide bonds. The van der Waals surface area contributed by atoms with Crippen molar-refractivity contribution in [1.82, 2.24) is 15.1 Å². The largest absolute Gasteiger partial charge is 0.444 e. The van der Waals surface area contributed by atoms with Crippen LogP contribution in [-0.2, 0) is 14.3 Å². The lowest BCUT2D eigenvalue weighted by atomic mass is 9.96. The molecular formula is C24H36FN3O4. The lowest BCUT2D eigenvalue weighted by molar-refractivity contribution is -0.130. The summed E-state index contributed by atoms with van der Waals surface area (Å²) in [6, 6.07) is 4.84. The number of hydrogen-bond acceptors (Lipinski definition) is 5. The number of carbonyl (C=O) groups excluding carboxylic acids is 3. The highest BCUT2D eigenvalue weighted by Crippen LogP contribution is 2.29. The molecule has 1 aromatic carbocycles. The summed E-state index contributed by atoms with van der Waals surface area (Å²) in [7, 11) is 0. The van der Waals surface area contributed by atoms with E-state index in [4.69, 9.17) is 4.74 Å². The number of benzene rings is 1. The fraction of sp³-hybridized carbons (Fsp3) is 0.625. The zero-order valence-corrected chi connectivity index (χ0v) is 20.1. The van der Waals surface area contributed by atoms with Gasteiger partial charge in [-0.3, -0.25) is 14.5 Å². The van der Waals surface area contributed by atoms with Crippen LogP contribution in [0.1, 0.15) is 60.1 Å². The van der Waals surface area contributed by atoms with Crippen LogP contribution in [0.25, 0.3) is 0 Å². The average Bonchev–Trinajstić information content (AvgIpc) is 2.68. The minimum Gasteiger partial charge on any atom is -0.444 e. The zero-order valence-electron chi connectivity index (χ0n) is 20.1. The highest BCUT2D eigenvalue weighted by atomic mass is 19.1. The molecule has 7 nitrogen and oxygen atoms in total. The van der Waals surface area contributed by atoms with Gasteiger partial charge < -0.3 is 15.0 Å². The Hall–Kier alpha value is -2.48. The Bertz CT molecular complexity index is 820. The van der Waals surface area contributed by atoms with Crippen LogP contribution in [0.2, 0.25) is 0 Å². The van der Waals surface area contributed by atoms with Crippen LogP contribution < -0.4 is 5.32 Å². The molecule has 0 saturated carbocycles. The van der Waals surface area contributed by atoms with Gasteiger partial charge in [-0.25, -0.2) is 9.18 Å². The van der Waals surface area contributed by atoms with Crippen molar-refractivity contribution in [2.45, 2.75) is 72.2 Å². The molecule has 3 atom stereocenters. The summed E-state index contributed by atoms with van der Waals surface area (Å²) in [6.45, 7) is 13.6. The van der Waals surface area contributed by atoms with Gasteiger partial charge in [0.05, 0.1) is 12.6 Å². The molecule has 1 heterocycles. The average molecular weight is 450 g/mol. The summed E-state index contributed by atoms with van der Waals surface area (Å²) < 4.78 is 19.1. The fourth-order valence-electron chi connectivity index (χ4n) is 3.77. The molecule has 1 N–H and O–H groups in total. The number of ether oxygens (including phenoxy) is 1. The topological polar surface area (TPSA) is 79.0 Å². The summed E-state index contributed by atoms with van der Waals surface area (Å²) in [5.41, 5.74) is 0.0539. The normalized spacial score (nSPS) is 20.7. The van der Waals surface area contributed by atoms with Crippen LogP contribution in [0.4, 0.5) is 9.18 Å². The Balaban J connectivity index is 2.25. The molecule has 178 valence electrons. The summed E-state index contributed by atoms with van der Waals surface area (Å²) in [4.78, 5) is 41.6. The molecule has 2 rings (SSSR count). The standard InChI is InChI=1S/C24H36FN3O4/c1-15(2)22(30)26-12-20(29)21(18-8-10-19(25)11-9-18)27-13-17(4)28(14-16(27)3)23(31)32-24(5,6)7/h8-11,15-17,21H,12-14H2,1-7H3,(H,26,30)/t16-,17+,21?/m1/s1. The number of piperazine rings is 1. The van der Waals surface area contributed by atoms with Gasteiger partial charge in [-0.05, 0) is 52.3 Å². The second kappa shape index (κ2) is 10.4. The van der Waals surface area contributed by atoms with Crippen LogP contribution in [-0.4, -0.2) is 64.9 Å². The van der Waals surface area contributed by atoms with E-state index in [1.165, 1.54) is 12.1 Å². The van der Waals surface area contributed by atoms with Crippen molar-refractivity contribution in [3.63, 3.8) is 0 Å². The molecule has 8 heteroatoms. The maximum Gasteiger partial charge on any atom is 0.410 e. The lowest BCUT2D eigenvalue weighted by Gasteiger charge is -2.47. The van der Waals surface area contributed by atoms with Crippen LogP contribution in [0, 0.1) is 11.7 Å². The highest BCUT2D eigenvalue weighted by molar-refractivity contribution is 5.91. The molecule has 32 heavy (non-hydrogen) atoms. The van der Waals surface area contributed by atoms with Crippen molar-refractivity contribution in [3.05, 3.63) is 35.6 Å². The first-order chi connectivity index (χ1) is 14.8. The molecule has 1 aliphatic heterocycles. The molecule has 1 unspecified atom stereocenters. The SMILES string of the molecule is CC(C)C(=O)NCC(=O)C(c1ccc(F)cc1)N1C[C@H](C)N(C(=O)OC(C)(C)C)C[C@H]1C. The Labute approximate surface area is 190 Å². The Morgan fingerprint density at radius 3 is 2.22 bits per heavy atom. The van der Waals surface area contributed by atoms with Crippen LogP contribution >= 0.6 is 0 Å². The second-order valence-electron chi connectivity index (χ2n) is 9.82. The molecule has 0 radical (unpaired) electrons. The molecule has 1 saturated heterocycles. The maximum absolute atomic E-state index is 13.5. The van der Waals surface area contributed by atoms with Crippen molar-refractivity contribution in [3.8, 4) is 0 Å². The summed E-state index contributed by atoms with van der Waals surface area (Å²) >= 11 is 0. The van der Waals surface area contributed by atoms with E-state index >= 15 is 0 Å². The van der Waals surface area contributed by atoms with Gasteiger partial charge in [0, 0.05) is 31.1 Å². The molecule has 1 aliphatic rings. The zero-order chi connectivity index (χ0) is 24.2. The van der Waals surface area contributed by atoms with Crippen molar-refractivity contribution in [1.29, 1.82) is 0 Å². The number of nitrogens with one attached hydrogen (secondary N) is 1. The van der Waals surface area contributed by atoms with Crippen molar-refractivity contribution < 1.29 is 23.5 Å². The Kier molecular flexibility index (Phi) is 8.40. The number of ketones is 1. The number of rotatable bonds is 6. The molecule has 0 aromatic heterocycles. The summed E-state index contributed by atoms with van der Waals surface area (Å²) in [5, 5.41) is 2.69. The number of carbonyl (C=O) groups is 3. The number of amides is 2. The van der Waals surface area contributed by atoms with E-state index in [0.29, 0.717) is 18.7 Å². The van der Waals surface area contributed by atoms with E-state index < -0.39 is 11.6 Å². The molecule has 0 bridgehead atoms. The van der Waals surface area contributed by atoms with E-state index in [9.17, 15) is 18.8 Å². The Morgan fingerprint density at radius 1 is 1.09 bits per heavy atom. The van der Waals surface area contributed by atoms with Crippen LogP contribution in [0.5, 0.6) is 0 Å². The van der Waals surface area contributed by atoms with Crippen molar-refractivity contribution in [2.75, 3.05) is 19.6 Å². The molecule has 1 aromatic rings. The molecule has 0 aliphatic carbocycles. The van der Waals surface area contributed by atoms with Crippen LogP contribution in [0.3, 0.4) is 0 Å². The molecular weight excluding hydrogens is 413 g/mol. The van der Waals surface area contributed by atoms with E-state index in [1.54, 1.807) is 30.9 Å². The van der Waals surface area contributed by atoms with E-state index in [-0.39, 0.29) is 48.1 Å². The minimum absolute atomic E-state index is 0.119. The minimum atomic E-state index is -0.665. The van der Waals surface area contributed by atoms with Gasteiger partial charge >= 0.3 is 6.09 Å². The molecule has 0 spiro atoms. The fourth-order valence-corrected chi connectivity index (χ4v) is 3.77. The number of halogens is 1.